The molecule has 3 aliphatic carbocycles. The minimum absolute atomic E-state index is 0.00120. The number of hydrogen-bond donors (Lipinski definition) is 1. The fourth-order valence-corrected chi connectivity index (χ4v) is 6.40. The number of nitrogens with one attached hydrogen (secondary N) is 1. The van der Waals surface area contributed by atoms with E-state index in [9.17, 15) is 13.2 Å². The molecule has 0 heterocycles. The van der Waals surface area contributed by atoms with Crippen molar-refractivity contribution in [3.8, 4) is 0 Å². The van der Waals surface area contributed by atoms with E-state index in [4.69, 9.17) is 0 Å². The van der Waals surface area contributed by atoms with Gasteiger partial charge in [0.05, 0.1) is 10.6 Å². The molecule has 5 rings (SSSR count). The maximum absolute atomic E-state index is 13.7. The minimum Gasteiger partial charge on any atom is -0.350 e. The molecule has 6 heteroatoms. The zero-order valence-corrected chi connectivity index (χ0v) is 18.4. The highest BCUT2D eigenvalue weighted by Crippen LogP contribution is 2.36. The number of carbonyl (C=O) groups is 1. The van der Waals surface area contributed by atoms with Gasteiger partial charge in [0.15, 0.2) is 0 Å². The second-order valence-electron chi connectivity index (χ2n) is 8.88. The van der Waals surface area contributed by atoms with E-state index in [1.165, 1.54) is 0 Å². The van der Waals surface area contributed by atoms with Gasteiger partial charge in [-0.3, -0.25) is 9.10 Å². The molecule has 2 saturated carbocycles. The summed E-state index contributed by atoms with van der Waals surface area (Å²) in [6.45, 7) is 0. The maximum atomic E-state index is 13.7. The van der Waals surface area contributed by atoms with E-state index in [0.717, 1.165) is 61.6 Å². The summed E-state index contributed by atoms with van der Waals surface area (Å²) in [4.78, 5) is 12.8. The molecule has 0 aromatic heterocycles. The highest BCUT2D eigenvalue weighted by molar-refractivity contribution is 7.92. The molecular formula is C25H28N2O3S. The van der Waals surface area contributed by atoms with Crippen LogP contribution in [0.25, 0.3) is 6.08 Å². The van der Waals surface area contributed by atoms with Crippen molar-refractivity contribution < 1.29 is 13.2 Å². The maximum Gasteiger partial charge on any atom is 0.264 e. The number of rotatable bonds is 6. The lowest BCUT2D eigenvalue weighted by molar-refractivity contribution is -0.117. The van der Waals surface area contributed by atoms with Gasteiger partial charge in [0.25, 0.3) is 10.0 Å². The topological polar surface area (TPSA) is 66.5 Å². The molecule has 162 valence electrons. The summed E-state index contributed by atoms with van der Waals surface area (Å²) in [6, 6.07) is 14.8. The fraction of sp³-hybridized carbons (Fsp3) is 0.400. The summed E-state index contributed by atoms with van der Waals surface area (Å²) in [5.41, 5.74) is 3.47. The Kier molecular flexibility index (Phi) is 5.34. The van der Waals surface area contributed by atoms with Crippen LogP contribution in [0, 0.1) is 0 Å². The van der Waals surface area contributed by atoms with Crippen LogP contribution >= 0.6 is 0 Å². The Hall–Kier alpha value is -2.60. The van der Waals surface area contributed by atoms with Crippen molar-refractivity contribution in [3.05, 3.63) is 65.2 Å². The van der Waals surface area contributed by atoms with Gasteiger partial charge < -0.3 is 5.32 Å². The number of hydrogen-bond acceptors (Lipinski definition) is 3. The smallest absolute Gasteiger partial charge is 0.264 e. The van der Waals surface area contributed by atoms with E-state index >= 15 is 0 Å². The van der Waals surface area contributed by atoms with Gasteiger partial charge in [0.1, 0.15) is 0 Å². The summed E-state index contributed by atoms with van der Waals surface area (Å²) < 4.78 is 29.0. The molecule has 2 fully saturated rings. The second-order valence-corrected chi connectivity index (χ2v) is 10.7. The van der Waals surface area contributed by atoms with Crippen molar-refractivity contribution in [1.29, 1.82) is 0 Å². The Balaban J connectivity index is 1.50. The van der Waals surface area contributed by atoms with Crippen molar-refractivity contribution in [3.63, 3.8) is 0 Å². The van der Waals surface area contributed by atoms with Crippen LogP contribution in [0.4, 0.5) is 5.69 Å². The number of anilines is 1. The normalized spacial score (nSPS) is 18.9. The largest absolute Gasteiger partial charge is 0.350 e. The number of amides is 1. The van der Waals surface area contributed by atoms with Gasteiger partial charge in [-0.05, 0) is 67.2 Å². The van der Waals surface area contributed by atoms with Crippen LogP contribution in [-0.4, -0.2) is 26.4 Å². The van der Waals surface area contributed by atoms with E-state index in [2.05, 4.69) is 5.32 Å². The van der Waals surface area contributed by atoms with Gasteiger partial charge in [-0.15, -0.1) is 0 Å². The molecule has 0 radical (unpaired) electrons. The van der Waals surface area contributed by atoms with Crippen LogP contribution in [0.1, 0.15) is 56.1 Å². The Bertz CT molecular complexity index is 1110. The van der Waals surface area contributed by atoms with Crippen molar-refractivity contribution in [2.24, 2.45) is 0 Å². The zero-order chi connectivity index (χ0) is 21.4. The van der Waals surface area contributed by atoms with Crippen molar-refractivity contribution >= 4 is 27.7 Å². The molecule has 0 unspecified atom stereocenters. The van der Waals surface area contributed by atoms with E-state index in [1.807, 2.05) is 30.3 Å². The first-order valence-corrected chi connectivity index (χ1v) is 12.7. The number of carbonyl (C=O) groups excluding carboxylic acids is 1. The van der Waals surface area contributed by atoms with Crippen molar-refractivity contribution in [1.82, 2.24) is 5.32 Å². The second kappa shape index (κ2) is 8.15. The lowest BCUT2D eigenvalue weighted by Gasteiger charge is -2.35. The first kappa shape index (κ1) is 20.3. The monoisotopic (exact) mass is 436 g/mol. The van der Waals surface area contributed by atoms with Gasteiger partial charge in [-0.1, -0.05) is 43.5 Å². The molecule has 0 atom stereocenters. The molecule has 1 amide bonds. The molecule has 5 nitrogen and oxygen atoms in total. The molecule has 1 N–H and O–H groups in total. The number of sulfonamides is 1. The summed E-state index contributed by atoms with van der Waals surface area (Å²) >= 11 is 0. The molecule has 0 saturated heterocycles. The Morgan fingerprint density at radius 1 is 0.935 bits per heavy atom. The lowest BCUT2D eigenvalue weighted by Crippen LogP contribution is -2.41. The summed E-state index contributed by atoms with van der Waals surface area (Å²) in [5.74, 6) is 0.00120. The Morgan fingerprint density at radius 3 is 2.39 bits per heavy atom. The predicted molar refractivity (Wildman–Crippen MR) is 122 cm³/mol. The molecule has 2 aromatic rings. The molecule has 0 spiro atoms. The summed E-state index contributed by atoms with van der Waals surface area (Å²) in [6.07, 6.45) is 9.62. The molecule has 0 bridgehead atoms. The van der Waals surface area contributed by atoms with Gasteiger partial charge in [-0.25, -0.2) is 8.42 Å². The third-order valence-corrected chi connectivity index (χ3v) is 8.40. The highest BCUT2D eigenvalue weighted by Gasteiger charge is 2.33. The van der Waals surface area contributed by atoms with Gasteiger partial charge in [0.2, 0.25) is 5.91 Å². The van der Waals surface area contributed by atoms with Crippen LogP contribution in [-0.2, 0) is 21.2 Å². The Morgan fingerprint density at radius 2 is 1.68 bits per heavy atom. The first-order valence-electron chi connectivity index (χ1n) is 11.3. The quantitative estimate of drug-likeness (QED) is 0.728. The van der Waals surface area contributed by atoms with Crippen LogP contribution in [0.2, 0.25) is 0 Å². The first-order chi connectivity index (χ1) is 15.0. The molecule has 0 aliphatic heterocycles. The summed E-state index contributed by atoms with van der Waals surface area (Å²) in [5, 5.41) is 3.05. The fourth-order valence-electron chi connectivity index (χ4n) is 4.68. The van der Waals surface area contributed by atoms with Crippen molar-refractivity contribution in [2.75, 3.05) is 4.31 Å². The SMILES string of the molecule is O=C(NC1CC1)C1=Cc2cc(N(C3CCCCC3)S(=O)(=O)c3ccccc3)ccc2C1. The summed E-state index contributed by atoms with van der Waals surface area (Å²) in [7, 11) is -3.68. The minimum atomic E-state index is -3.68. The average Bonchev–Trinajstić information content (AvgIpc) is 3.50. The zero-order valence-electron chi connectivity index (χ0n) is 17.6. The lowest BCUT2D eigenvalue weighted by atomic mass is 9.95. The van der Waals surface area contributed by atoms with Crippen LogP contribution < -0.4 is 9.62 Å². The molecule has 31 heavy (non-hydrogen) atoms. The number of fused-ring (bicyclic) bond motifs is 1. The van der Waals surface area contributed by atoms with Gasteiger partial charge >= 0.3 is 0 Å². The van der Waals surface area contributed by atoms with Crippen molar-refractivity contribution in [2.45, 2.75) is 68.3 Å². The van der Waals surface area contributed by atoms with Crippen LogP contribution in [0.3, 0.4) is 0 Å². The van der Waals surface area contributed by atoms with Gasteiger partial charge in [0, 0.05) is 24.1 Å². The van der Waals surface area contributed by atoms with Crippen LogP contribution in [0.5, 0.6) is 0 Å². The molecule has 3 aliphatic rings. The number of benzene rings is 2. The third-order valence-electron chi connectivity index (χ3n) is 6.51. The van der Waals surface area contributed by atoms with Gasteiger partial charge in [-0.2, -0.15) is 0 Å². The standard InChI is InChI=1S/C25H28N2O3S/c28-25(26-21-12-13-21)20-15-18-11-14-23(17-19(18)16-20)27(22-7-3-1-4-8-22)31(29,30)24-9-5-2-6-10-24/h2,5-6,9-11,14,16-17,21-22H,1,3-4,7-8,12-13,15H2,(H,26,28). The average molecular weight is 437 g/mol. The Labute approximate surface area is 184 Å². The predicted octanol–water partition coefficient (Wildman–Crippen LogP) is 4.43. The van der Waals surface area contributed by atoms with E-state index in [-0.39, 0.29) is 11.9 Å². The molecule has 2 aromatic carbocycles. The van der Waals surface area contributed by atoms with Crippen LogP contribution in [0.15, 0.2) is 59.0 Å². The molecular weight excluding hydrogens is 408 g/mol. The van der Waals surface area contributed by atoms with E-state index in [0.29, 0.717) is 23.0 Å². The van der Waals surface area contributed by atoms with E-state index < -0.39 is 10.0 Å². The third kappa shape index (κ3) is 4.13. The highest BCUT2D eigenvalue weighted by atomic mass is 32.2. The van der Waals surface area contributed by atoms with E-state index in [1.54, 1.807) is 28.6 Å². The number of nitrogens with zero attached hydrogens (tertiary/aromatic N) is 1.